The number of carbonyl (C=O) groups is 1. The summed E-state index contributed by atoms with van der Waals surface area (Å²) in [5, 5.41) is 15.1. The molecule has 0 aliphatic heterocycles. The van der Waals surface area contributed by atoms with Gasteiger partial charge in [0.25, 0.3) is 0 Å². The summed E-state index contributed by atoms with van der Waals surface area (Å²) in [6.45, 7) is 1.72. The second-order valence-electron chi connectivity index (χ2n) is 5.86. The minimum absolute atomic E-state index is 0.125. The van der Waals surface area contributed by atoms with Crippen LogP contribution in [0.4, 0.5) is 5.69 Å². The Morgan fingerprint density at radius 1 is 1.25 bits per heavy atom. The van der Waals surface area contributed by atoms with Crippen LogP contribution in [-0.2, 0) is 4.79 Å². The van der Waals surface area contributed by atoms with Crippen LogP contribution in [-0.4, -0.2) is 16.8 Å². The van der Waals surface area contributed by atoms with E-state index in [0.29, 0.717) is 17.5 Å². The Balaban J connectivity index is 1.74. The van der Waals surface area contributed by atoms with Crippen molar-refractivity contribution >= 4 is 17.3 Å². The molecule has 2 aliphatic rings. The summed E-state index contributed by atoms with van der Waals surface area (Å²) in [5.41, 5.74) is 2.01. The molecule has 1 aromatic rings. The van der Waals surface area contributed by atoms with Crippen molar-refractivity contribution < 1.29 is 10.0 Å². The molecule has 1 amide bonds. The number of oxime groups is 1. The van der Waals surface area contributed by atoms with Crippen LogP contribution >= 0.6 is 0 Å². The lowest BCUT2D eigenvalue weighted by molar-refractivity contribution is -0.117. The molecule has 2 atom stereocenters. The van der Waals surface area contributed by atoms with Gasteiger partial charge in [-0.05, 0) is 37.7 Å². The van der Waals surface area contributed by atoms with E-state index in [1.165, 1.54) is 25.7 Å². The number of nitrogens with one attached hydrogen (secondary N) is 1. The van der Waals surface area contributed by atoms with Gasteiger partial charge in [-0.25, -0.2) is 0 Å². The maximum atomic E-state index is 12.4. The predicted molar refractivity (Wildman–Crippen MR) is 78.0 cm³/mol. The van der Waals surface area contributed by atoms with Crippen molar-refractivity contribution in [3.05, 3.63) is 29.8 Å². The van der Waals surface area contributed by atoms with Crippen LogP contribution in [0, 0.1) is 17.8 Å². The second kappa shape index (κ2) is 5.27. The van der Waals surface area contributed by atoms with Crippen LogP contribution in [0.3, 0.4) is 0 Å². The molecule has 106 valence electrons. The van der Waals surface area contributed by atoms with Crippen LogP contribution in [0.5, 0.6) is 0 Å². The molecule has 0 spiro atoms. The monoisotopic (exact) mass is 272 g/mol. The number of fused-ring (bicyclic) bond motifs is 1. The molecule has 0 radical (unpaired) electrons. The van der Waals surface area contributed by atoms with E-state index in [9.17, 15) is 4.79 Å². The average Bonchev–Trinajstić information content (AvgIpc) is 3.21. The zero-order chi connectivity index (χ0) is 14.1. The van der Waals surface area contributed by atoms with Crippen LogP contribution in [0.25, 0.3) is 0 Å². The number of amides is 1. The quantitative estimate of drug-likeness (QED) is 0.504. The van der Waals surface area contributed by atoms with Gasteiger partial charge in [-0.2, -0.15) is 0 Å². The van der Waals surface area contributed by atoms with Gasteiger partial charge in [-0.3, -0.25) is 4.79 Å². The summed E-state index contributed by atoms with van der Waals surface area (Å²) in [5.74, 6) is 1.52. The van der Waals surface area contributed by atoms with Crippen molar-refractivity contribution in [3.8, 4) is 0 Å². The highest BCUT2D eigenvalue weighted by Crippen LogP contribution is 2.55. The molecule has 0 bridgehead atoms. The van der Waals surface area contributed by atoms with Crippen molar-refractivity contribution in [3.63, 3.8) is 0 Å². The summed E-state index contributed by atoms with van der Waals surface area (Å²) in [6, 6.07) is 7.46. The Labute approximate surface area is 118 Å². The Morgan fingerprint density at radius 2 is 1.90 bits per heavy atom. The summed E-state index contributed by atoms with van der Waals surface area (Å²) in [6.07, 6.45) is 4.92. The fraction of sp³-hybridized carbons (Fsp3) is 0.500. The van der Waals surface area contributed by atoms with Gasteiger partial charge in [0.05, 0.1) is 5.71 Å². The number of para-hydroxylation sites is 1. The first kappa shape index (κ1) is 13.2. The van der Waals surface area contributed by atoms with Crippen molar-refractivity contribution in [2.75, 3.05) is 5.32 Å². The van der Waals surface area contributed by atoms with E-state index in [1.807, 2.05) is 24.3 Å². The summed E-state index contributed by atoms with van der Waals surface area (Å²) >= 11 is 0. The molecule has 0 heterocycles. The number of benzene rings is 1. The van der Waals surface area contributed by atoms with Gasteiger partial charge < -0.3 is 10.5 Å². The van der Waals surface area contributed by atoms with Crippen molar-refractivity contribution in [2.24, 2.45) is 22.9 Å². The normalized spacial score (nSPS) is 28.6. The molecule has 3 rings (SSSR count). The number of hydrogen-bond acceptors (Lipinski definition) is 3. The number of nitrogens with zero attached hydrogens (tertiary/aromatic N) is 1. The van der Waals surface area contributed by atoms with E-state index in [-0.39, 0.29) is 11.8 Å². The van der Waals surface area contributed by atoms with Crippen LogP contribution in [0.15, 0.2) is 29.4 Å². The van der Waals surface area contributed by atoms with Gasteiger partial charge in [0, 0.05) is 17.2 Å². The highest BCUT2D eigenvalue weighted by molar-refractivity contribution is 6.07. The Hall–Kier alpha value is -1.84. The molecule has 0 aromatic heterocycles. The maximum Gasteiger partial charge on any atom is 0.228 e. The lowest BCUT2D eigenvalue weighted by Crippen LogP contribution is -2.17. The minimum Gasteiger partial charge on any atom is -0.411 e. The summed E-state index contributed by atoms with van der Waals surface area (Å²) < 4.78 is 0. The second-order valence-corrected chi connectivity index (χ2v) is 5.86. The molecule has 20 heavy (non-hydrogen) atoms. The molecule has 0 saturated heterocycles. The molecule has 2 aliphatic carbocycles. The molecule has 2 saturated carbocycles. The Kier molecular flexibility index (Phi) is 3.47. The third-order valence-corrected chi connectivity index (χ3v) is 4.68. The van der Waals surface area contributed by atoms with Crippen LogP contribution in [0.2, 0.25) is 0 Å². The van der Waals surface area contributed by atoms with Gasteiger partial charge in [0.15, 0.2) is 0 Å². The highest BCUT2D eigenvalue weighted by Gasteiger charge is 2.54. The third-order valence-electron chi connectivity index (χ3n) is 4.68. The standard InChI is InChI=1S/C16H20N2O2/c1-10(18-20)11-6-4-5-9-14(11)17-16(19)15-12-7-2-3-8-13(12)15/h4-6,9,12-13,15,20H,2-3,7-8H2,1H3,(H,17,19)/b18-10-. The first-order valence-electron chi connectivity index (χ1n) is 7.31. The number of rotatable bonds is 3. The Morgan fingerprint density at radius 3 is 2.55 bits per heavy atom. The first-order chi connectivity index (χ1) is 9.72. The number of hydrogen-bond donors (Lipinski definition) is 2. The smallest absolute Gasteiger partial charge is 0.228 e. The molecular formula is C16H20N2O2. The van der Waals surface area contributed by atoms with E-state index in [1.54, 1.807) is 6.92 Å². The fourth-order valence-corrected chi connectivity index (χ4v) is 3.56. The molecule has 2 N–H and O–H groups in total. The van der Waals surface area contributed by atoms with E-state index in [0.717, 1.165) is 11.3 Å². The van der Waals surface area contributed by atoms with Crippen LogP contribution < -0.4 is 5.32 Å². The van der Waals surface area contributed by atoms with Crippen molar-refractivity contribution in [1.29, 1.82) is 0 Å². The van der Waals surface area contributed by atoms with Gasteiger partial charge in [-0.1, -0.05) is 36.2 Å². The summed E-state index contributed by atoms with van der Waals surface area (Å²) in [4.78, 5) is 12.4. The molecule has 2 unspecified atom stereocenters. The lowest BCUT2D eigenvalue weighted by atomic mass is 10.0. The van der Waals surface area contributed by atoms with Gasteiger partial charge in [0.1, 0.15) is 0 Å². The summed E-state index contributed by atoms with van der Waals surface area (Å²) in [7, 11) is 0. The van der Waals surface area contributed by atoms with E-state index >= 15 is 0 Å². The lowest BCUT2D eigenvalue weighted by Gasteiger charge is -2.10. The SMILES string of the molecule is C/C(=N/O)c1ccccc1NC(=O)C1C2CCCCC21. The largest absolute Gasteiger partial charge is 0.411 e. The first-order valence-corrected chi connectivity index (χ1v) is 7.31. The molecule has 4 nitrogen and oxygen atoms in total. The maximum absolute atomic E-state index is 12.4. The van der Waals surface area contributed by atoms with Gasteiger partial charge >= 0.3 is 0 Å². The van der Waals surface area contributed by atoms with E-state index in [2.05, 4.69) is 10.5 Å². The molecule has 1 aromatic carbocycles. The average molecular weight is 272 g/mol. The molecule has 2 fully saturated rings. The van der Waals surface area contributed by atoms with Crippen LogP contribution in [0.1, 0.15) is 38.2 Å². The topological polar surface area (TPSA) is 61.7 Å². The van der Waals surface area contributed by atoms with Crippen molar-refractivity contribution in [1.82, 2.24) is 0 Å². The molecule has 4 heteroatoms. The van der Waals surface area contributed by atoms with Crippen molar-refractivity contribution in [2.45, 2.75) is 32.6 Å². The van der Waals surface area contributed by atoms with Gasteiger partial charge in [-0.15, -0.1) is 0 Å². The zero-order valence-corrected chi connectivity index (χ0v) is 11.7. The van der Waals surface area contributed by atoms with Gasteiger partial charge in [0.2, 0.25) is 5.91 Å². The fourth-order valence-electron chi connectivity index (χ4n) is 3.56. The zero-order valence-electron chi connectivity index (χ0n) is 11.7. The van der Waals surface area contributed by atoms with E-state index < -0.39 is 0 Å². The van der Waals surface area contributed by atoms with E-state index in [4.69, 9.17) is 5.21 Å². The predicted octanol–water partition coefficient (Wildman–Crippen LogP) is 3.26. The highest BCUT2D eigenvalue weighted by atomic mass is 16.4. The number of carbonyl (C=O) groups excluding carboxylic acids is 1. The minimum atomic E-state index is 0.125. The Bertz CT molecular complexity index is 541. The third kappa shape index (κ3) is 2.30. The molecular weight excluding hydrogens is 252 g/mol. The number of anilines is 1.